The minimum absolute atomic E-state index is 0.122. The monoisotopic (exact) mass is 601 g/mol. The Kier molecular flexibility index (Phi) is 10.1. The average molecular weight is 602 g/mol. The average Bonchev–Trinajstić information content (AvgIpc) is 3.62. The fourth-order valence-electron chi connectivity index (χ4n) is 6.56. The van der Waals surface area contributed by atoms with Crippen molar-refractivity contribution in [3.63, 3.8) is 0 Å². The number of esters is 1. The van der Waals surface area contributed by atoms with Gasteiger partial charge in [0.15, 0.2) is 0 Å². The summed E-state index contributed by atoms with van der Waals surface area (Å²) in [6.45, 7) is 10.8. The Morgan fingerprint density at radius 2 is 2.00 bits per heavy atom. The van der Waals surface area contributed by atoms with E-state index < -0.39 is 53.6 Å². The number of likely N-dealkylation sites (tertiary alicyclic amines) is 1. The van der Waals surface area contributed by atoms with Gasteiger partial charge in [-0.25, -0.2) is 0 Å². The summed E-state index contributed by atoms with van der Waals surface area (Å²) in [6, 6.07) is 5.07. The van der Waals surface area contributed by atoms with Crippen LogP contribution in [0.5, 0.6) is 0 Å². The molecule has 228 valence electrons. The predicted octanol–water partition coefficient (Wildman–Crippen LogP) is 3.02. The molecule has 0 aromatic heterocycles. The second-order valence-electron chi connectivity index (χ2n) is 11.1. The van der Waals surface area contributed by atoms with Crippen molar-refractivity contribution in [2.24, 2.45) is 11.8 Å². The molecule has 42 heavy (non-hydrogen) atoms. The standard InChI is InChI=1S/C31H40ClN3O7/c1-5-8-9-24(37)33-17-19(4)41-30(40)25-23-14-15-31(42-23)26(25)28(38)35(21(7-3)18-36)27(31)29(39)34(16-6-2)22-12-10-20(32)11-13-22/h5-6,10-13,19,21,23,25-27,36H,1-2,7-9,14-18H2,3-4H3,(H,33,37)/t19-,21+,23-,25+,26+,27-,31+/m1/s1. The Hall–Kier alpha value is -3.21. The number of carbonyl (C=O) groups is 4. The number of hydrogen-bond acceptors (Lipinski definition) is 7. The normalized spacial score (nSPS) is 27.2. The third-order valence-corrected chi connectivity index (χ3v) is 8.77. The van der Waals surface area contributed by atoms with E-state index in [9.17, 15) is 24.3 Å². The first kappa shape index (κ1) is 31.7. The number of amides is 3. The molecule has 1 spiro atoms. The second-order valence-corrected chi connectivity index (χ2v) is 11.6. The van der Waals surface area contributed by atoms with Crippen LogP contribution in [-0.2, 0) is 28.7 Å². The lowest BCUT2D eigenvalue weighted by Gasteiger charge is -2.39. The molecule has 0 unspecified atom stereocenters. The molecule has 7 atom stereocenters. The summed E-state index contributed by atoms with van der Waals surface area (Å²) in [4.78, 5) is 57.1. The molecule has 1 aromatic carbocycles. The van der Waals surface area contributed by atoms with E-state index in [4.69, 9.17) is 21.1 Å². The molecule has 11 heteroatoms. The highest BCUT2D eigenvalue weighted by Gasteiger charge is 2.75. The number of allylic oxidation sites excluding steroid dienone is 1. The third-order valence-electron chi connectivity index (χ3n) is 8.52. The highest BCUT2D eigenvalue weighted by molar-refractivity contribution is 6.30. The molecule has 1 aromatic rings. The zero-order valence-electron chi connectivity index (χ0n) is 24.2. The van der Waals surface area contributed by atoms with Crippen LogP contribution in [0.3, 0.4) is 0 Å². The number of nitrogens with zero attached hydrogens (tertiary/aromatic N) is 2. The van der Waals surface area contributed by atoms with Gasteiger partial charge in [-0.15, -0.1) is 13.2 Å². The Balaban J connectivity index is 1.63. The molecule has 3 aliphatic heterocycles. The lowest BCUT2D eigenvalue weighted by Crippen LogP contribution is -2.59. The van der Waals surface area contributed by atoms with Crippen molar-refractivity contribution in [3.05, 3.63) is 54.6 Å². The van der Waals surface area contributed by atoms with Crippen LogP contribution in [0.15, 0.2) is 49.6 Å². The largest absolute Gasteiger partial charge is 0.460 e. The number of halogens is 1. The van der Waals surface area contributed by atoms with E-state index in [1.165, 1.54) is 9.80 Å². The molecule has 4 rings (SSSR count). The van der Waals surface area contributed by atoms with Crippen LogP contribution >= 0.6 is 11.6 Å². The number of nitrogens with one attached hydrogen (secondary N) is 1. The topological polar surface area (TPSA) is 125 Å². The number of anilines is 1. The Morgan fingerprint density at radius 1 is 1.29 bits per heavy atom. The van der Waals surface area contributed by atoms with Crippen molar-refractivity contribution in [1.82, 2.24) is 10.2 Å². The van der Waals surface area contributed by atoms with E-state index in [0.717, 1.165) is 0 Å². The van der Waals surface area contributed by atoms with Crippen LogP contribution in [0.1, 0.15) is 46.0 Å². The predicted molar refractivity (Wildman–Crippen MR) is 158 cm³/mol. The minimum Gasteiger partial charge on any atom is -0.460 e. The quantitative estimate of drug-likeness (QED) is 0.248. The van der Waals surface area contributed by atoms with E-state index in [2.05, 4.69) is 18.5 Å². The lowest BCUT2D eigenvalue weighted by molar-refractivity contribution is -0.159. The molecule has 0 saturated carbocycles. The first-order chi connectivity index (χ1) is 20.1. The Labute approximate surface area is 251 Å². The van der Waals surface area contributed by atoms with Gasteiger partial charge in [-0.3, -0.25) is 19.2 Å². The summed E-state index contributed by atoms with van der Waals surface area (Å²) < 4.78 is 12.2. The van der Waals surface area contributed by atoms with Gasteiger partial charge < -0.3 is 29.7 Å². The Morgan fingerprint density at radius 3 is 2.62 bits per heavy atom. The van der Waals surface area contributed by atoms with Gasteiger partial charge in [0.05, 0.1) is 37.1 Å². The molecule has 3 aliphatic rings. The number of rotatable bonds is 14. The fourth-order valence-corrected chi connectivity index (χ4v) is 6.69. The molecule has 0 radical (unpaired) electrons. The molecule has 3 heterocycles. The maximum atomic E-state index is 14.4. The molecule has 0 aliphatic carbocycles. The van der Waals surface area contributed by atoms with Crippen molar-refractivity contribution in [3.8, 4) is 0 Å². The third kappa shape index (κ3) is 5.85. The van der Waals surface area contributed by atoms with Gasteiger partial charge in [0, 0.05) is 23.7 Å². The summed E-state index contributed by atoms with van der Waals surface area (Å²) in [7, 11) is 0. The van der Waals surface area contributed by atoms with Crippen LogP contribution in [0, 0.1) is 11.8 Å². The van der Waals surface area contributed by atoms with Gasteiger partial charge in [-0.2, -0.15) is 0 Å². The Bertz CT molecular complexity index is 1200. The van der Waals surface area contributed by atoms with Gasteiger partial charge in [0.2, 0.25) is 11.8 Å². The van der Waals surface area contributed by atoms with Crippen molar-refractivity contribution < 1.29 is 33.8 Å². The zero-order chi connectivity index (χ0) is 30.6. The van der Waals surface area contributed by atoms with E-state index >= 15 is 0 Å². The summed E-state index contributed by atoms with van der Waals surface area (Å²) in [5.41, 5.74) is -0.680. The molecular formula is C31H40ClN3O7. The van der Waals surface area contributed by atoms with Gasteiger partial charge in [0.1, 0.15) is 17.7 Å². The van der Waals surface area contributed by atoms with Gasteiger partial charge in [0.25, 0.3) is 5.91 Å². The summed E-state index contributed by atoms with van der Waals surface area (Å²) in [6.07, 6.45) is 4.13. The SMILES string of the molecule is C=CCCC(=O)NC[C@@H](C)OC(=O)[C@@H]1[C@H]2C(=O)N([C@@H](CC)CO)[C@H](C(=O)N(CC=C)c3ccc(Cl)cc3)[C@]23CC[C@H]1O3. The molecule has 2 bridgehead atoms. The number of benzene rings is 1. The van der Waals surface area contributed by atoms with E-state index in [1.807, 2.05) is 6.92 Å². The number of aliphatic hydroxyl groups is 1. The summed E-state index contributed by atoms with van der Waals surface area (Å²) in [5.74, 6) is -3.42. The van der Waals surface area contributed by atoms with Crippen molar-refractivity contribution in [1.29, 1.82) is 0 Å². The molecule has 10 nitrogen and oxygen atoms in total. The second kappa shape index (κ2) is 13.4. The molecular weight excluding hydrogens is 562 g/mol. The maximum absolute atomic E-state index is 14.4. The van der Waals surface area contributed by atoms with Crippen LogP contribution in [0.2, 0.25) is 5.02 Å². The molecule has 3 fully saturated rings. The number of fused-ring (bicyclic) bond motifs is 1. The van der Waals surface area contributed by atoms with Crippen LogP contribution in [0.25, 0.3) is 0 Å². The van der Waals surface area contributed by atoms with E-state index in [-0.39, 0.29) is 37.9 Å². The number of aliphatic hydroxyl groups excluding tert-OH is 1. The maximum Gasteiger partial charge on any atom is 0.312 e. The zero-order valence-corrected chi connectivity index (χ0v) is 24.9. The van der Waals surface area contributed by atoms with Crippen molar-refractivity contribution in [2.75, 3.05) is 24.6 Å². The van der Waals surface area contributed by atoms with Gasteiger partial charge in [-0.1, -0.05) is 30.7 Å². The molecule has 3 amide bonds. The van der Waals surface area contributed by atoms with Gasteiger partial charge >= 0.3 is 5.97 Å². The number of hydrogen-bond donors (Lipinski definition) is 2. The van der Waals surface area contributed by atoms with Crippen LogP contribution < -0.4 is 10.2 Å². The highest BCUT2D eigenvalue weighted by Crippen LogP contribution is 2.59. The van der Waals surface area contributed by atoms with Crippen molar-refractivity contribution in [2.45, 2.75) is 75.8 Å². The van der Waals surface area contributed by atoms with Gasteiger partial charge in [-0.05, 0) is 56.9 Å². The number of carbonyl (C=O) groups excluding carboxylic acids is 4. The van der Waals surface area contributed by atoms with E-state index in [1.54, 1.807) is 43.3 Å². The first-order valence-electron chi connectivity index (χ1n) is 14.5. The smallest absolute Gasteiger partial charge is 0.312 e. The minimum atomic E-state index is -1.25. The fraction of sp³-hybridized carbons (Fsp3) is 0.548. The van der Waals surface area contributed by atoms with Crippen LogP contribution in [-0.4, -0.2) is 83.3 Å². The first-order valence-corrected chi connectivity index (χ1v) is 14.9. The number of ether oxygens (including phenoxy) is 2. The molecule has 3 saturated heterocycles. The van der Waals surface area contributed by atoms with E-state index in [0.29, 0.717) is 36.4 Å². The lowest BCUT2D eigenvalue weighted by atomic mass is 9.70. The summed E-state index contributed by atoms with van der Waals surface area (Å²) in [5, 5.41) is 13.5. The molecule has 2 N–H and O–H groups in total. The van der Waals surface area contributed by atoms with Crippen molar-refractivity contribution >= 4 is 41.0 Å². The summed E-state index contributed by atoms with van der Waals surface area (Å²) >= 11 is 6.09. The van der Waals surface area contributed by atoms with Crippen LogP contribution in [0.4, 0.5) is 5.69 Å². The highest BCUT2D eigenvalue weighted by atomic mass is 35.5.